The number of nitrogen functional groups attached to an aromatic ring is 1. The normalized spacial score (nSPS) is 16.0. The van der Waals surface area contributed by atoms with E-state index in [0.717, 1.165) is 52.5 Å². The van der Waals surface area contributed by atoms with Gasteiger partial charge in [-0.15, -0.1) is 0 Å². The van der Waals surface area contributed by atoms with Crippen LogP contribution in [0.4, 0.5) is 11.4 Å². The van der Waals surface area contributed by atoms with Gasteiger partial charge in [-0.2, -0.15) is 0 Å². The Morgan fingerprint density at radius 2 is 1.90 bits per heavy atom. The van der Waals surface area contributed by atoms with Crippen LogP contribution in [0.5, 0.6) is 0 Å². The minimum atomic E-state index is -0.113. The maximum Gasteiger partial charge on any atom is 0.249 e. The van der Waals surface area contributed by atoms with Gasteiger partial charge >= 0.3 is 0 Å². The number of anilines is 2. The summed E-state index contributed by atoms with van der Waals surface area (Å²) in [5.41, 5.74) is 19.3. The van der Waals surface area contributed by atoms with Crippen LogP contribution in [-0.2, 0) is 17.6 Å². The number of carbonyl (C=O) groups is 1. The van der Waals surface area contributed by atoms with E-state index in [1.165, 1.54) is 19.3 Å². The largest absolute Gasteiger partial charge is 0.399 e. The van der Waals surface area contributed by atoms with Gasteiger partial charge in [0.15, 0.2) is 0 Å². The number of aryl methyl sites for hydroxylation is 1. The molecule has 0 bridgehead atoms. The molecule has 158 valence electrons. The molecule has 0 atom stereocenters. The molecule has 4 rings (SSSR count). The minimum absolute atomic E-state index is 0.113. The minimum Gasteiger partial charge on any atom is -0.399 e. The molecule has 2 aromatic carbocycles. The molecule has 0 spiro atoms. The monoisotopic (exact) mass is 424 g/mol. The molecule has 2 aromatic rings. The number of fused-ring (bicyclic) bond motifs is 1. The van der Waals surface area contributed by atoms with Gasteiger partial charge in [-0.3, -0.25) is 4.79 Å². The Morgan fingerprint density at radius 1 is 1.13 bits per heavy atom. The van der Waals surface area contributed by atoms with Crippen LogP contribution in [0.1, 0.15) is 41.5 Å². The van der Waals surface area contributed by atoms with Gasteiger partial charge in [0.1, 0.15) is 0 Å². The fourth-order valence-electron chi connectivity index (χ4n) is 4.58. The van der Waals surface area contributed by atoms with Crippen LogP contribution in [0.3, 0.4) is 0 Å². The molecule has 0 aromatic heterocycles. The van der Waals surface area contributed by atoms with Crippen molar-refractivity contribution in [3.8, 4) is 0 Å². The number of amides is 1. The first-order valence-corrected chi connectivity index (χ1v) is 11.0. The number of carbonyl (C=O) groups excluding carboxylic acids is 1. The molecule has 0 radical (unpaired) electrons. The molecule has 1 amide bonds. The Morgan fingerprint density at radius 3 is 2.63 bits per heavy atom. The van der Waals surface area contributed by atoms with Gasteiger partial charge in [0.25, 0.3) is 0 Å². The highest BCUT2D eigenvalue weighted by Crippen LogP contribution is 2.34. The van der Waals surface area contributed by atoms with E-state index in [4.69, 9.17) is 23.1 Å². The maximum absolute atomic E-state index is 12.7. The Bertz CT molecular complexity index is 1010. The second-order valence-electron chi connectivity index (χ2n) is 8.28. The molecular weight excluding hydrogens is 396 g/mol. The molecule has 1 aliphatic carbocycles. The Labute approximate surface area is 183 Å². The topological polar surface area (TPSA) is 84.4 Å². The number of nitrogens with two attached hydrogens (primary N) is 2. The molecule has 0 saturated carbocycles. The van der Waals surface area contributed by atoms with Crippen LogP contribution in [0.2, 0.25) is 5.02 Å². The summed E-state index contributed by atoms with van der Waals surface area (Å²) in [5, 5.41) is 3.79. The molecule has 6 heteroatoms. The van der Waals surface area contributed by atoms with Gasteiger partial charge in [-0.25, -0.2) is 0 Å². The van der Waals surface area contributed by atoms with Crippen molar-refractivity contribution in [2.75, 3.05) is 30.3 Å². The highest BCUT2D eigenvalue weighted by atomic mass is 35.5. The van der Waals surface area contributed by atoms with Crippen molar-refractivity contribution in [2.24, 2.45) is 5.73 Å². The number of rotatable bonds is 5. The average molecular weight is 425 g/mol. The summed E-state index contributed by atoms with van der Waals surface area (Å²) in [6, 6.07) is 10.0. The van der Waals surface area contributed by atoms with Crippen molar-refractivity contribution in [3.05, 3.63) is 63.2 Å². The molecule has 1 aliphatic heterocycles. The molecule has 2 aliphatic rings. The number of hydrogen-bond donors (Lipinski definition) is 3. The lowest BCUT2D eigenvalue weighted by molar-refractivity contribution is -0.117. The van der Waals surface area contributed by atoms with Crippen LogP contribution in [0.15, 0.2) is 35.9 Å². The quantitative estimate of drug-likeness (QED) is 0.637. The summed E-state index contributed by atoms with van der Waals surface area (Å²) >= 11 is 6.54. The number of benzene rings is 2. The molecule has 1 heterocycles. The average Bonchev–Trinajstić information content (AvgIpc) is 3.05. The zero-order valence-corrected chi connectivity index (χ0v) is 18.2. The van der Waals surface area contributed by atoms with Gasteiger partial charge in [-0.1, -0.05) is 17.7 Å². The summed E-state index contributed by atoms with van der Waals surface area (Å²) in [7, 11) is 0. The van der Waals surface area contributed by atoms with Crippen molar-refractivity contribution in [1.82, 2.24) is 5.32 Å². The fourth-order valence-corrected chi connectivity index (χ4v) is 4.90. The van der Waals surface area contributed by atoms with E-state index in [1.807, 2.05) is 25.1 Å². The SMILES string of the molecule is Cc1cc(N)cc2c1C(N)=C(C(=O)NCCc1ccc(N3CCCCC3)c(Cl)c1)C2. The predicted octanol–water partition coefficient (Wildman–Crippen LogP) is 3.81. The second kappa shape index (κ2) is 8.60. The van der Waals surface area contributed by atoms with E-state index in [9.17, 15) is 4.79 Å². The van der Waals surface area contributed by atoms with E-state index < -0.39 is 0 Å². The molecular formula is C24H29ClN4O. The molecule has 5 nitrogen and oxygen atoms in total. The van der Waals surface area contributed by atoms with Crippen LogP contribution in [0, 0.1) is 6.92 Å². The number of nitrogens with one attached hydrogen (secondary N) is 1. The zero-order chi connectivity index (χ0) is 21.3. The van der Waals surface area contributed by atoms with E-state index in [-0.39, 0.29) is 5.91 Å². The van der Waals surface area contributed by atoms with E-state index in [1.54, 1.807) is 0 Å². The predicted molar refractivity (Wildman–Crippen MR) is 125 cm³/mol. The third-order valence-corrected chi connectivity index (χ3v) is 6.39. The Kier molecular flexibility index (Phi) is 5.91. The summed E-state index contributed by atoms with van der Waals surface area (Å²) in [4.78, 5) is 15.1. The first kappa shape index (κ1) is 20.6. The van der Waals surface area contributed by atoms with E-state index in [0.29, 0.717) is 29.9 Å². The number of nitrogens with zero attached hydrogens (tertiary/aromatic N) is 1. The van der Waals surface area contributed by atoms with Gasteiger partial charge < -0.3 is 21.7 Å². The number of halogens is 1. The number of piperidine rings is 1. The molecule has 5 N–H and O–H groups in total. The summed E-state index contributed by atoms with van der Waals surface area (Å²) in [5.74, 6) is -0.113. The van der Waals surface area contributed by atoms with Crippen molar-refractivity contribution < 1.29 is 4.79 Å². The van der Waals surface area contributed by atoms with Crippen molar-refractivity contribution in [1.29, 1.82) is 0 Å². The smallest absolute Gasteiger partial charge is 0.249 e. The first-order chi connectivity index (χ1) is 14.4. The highest BCUT2D eigenvalue weighted by Gasteiger charge is 2.26. The lowest BCUT2D eigenvalue weighted by Crippen LogP contribution is -2.29. The standard InChI is InChI=1S/C24H29ClN4O/c1-15-11-18(26)13-17-14-19(23(27)22(15)17)24(30)28-8-7-16-5-6-21(20(25)12-16)29-9-3-2-4-10-29/h5-6,11-13H,2-4,7-10,14,26-27H2,1H3,(H,28,30). The lowest BCUT2D eigenvalue weighted by Gasteiger charge is -2.29. The van der Waals surface area contributed by atoms with Crippen molar-refractivity contribution >= 4 is 34.6 Å². The van der Waals surface area contributed by atoms with E-state index in [2.05, 4.69) is 22.3 Å². The summed E-state index contributed by atoms with van der Waals surface area (Å²) in [6.45, 7) is 4.64. The van der Waals surface area contributed by atoms with Gasteiger partial charge in [0.05, 0.1) is 10.7 Å². The maximum atomic E-state index is 12.7. The third-order valence-electron chi connectivity index (χ3n) is 6.08. The number of hydrogen-bond acceptors (Lipinski definition) is 4. The van der Waals surface area contributed by atoms with Crippen LogP contribution < -0.4 is 21.7 Å². The van der Waals surface area contributed by atoms with Crippen LogP contribution in [0.25, 0.3) is 5.70 Å². The van der Waals surface area contributed by atoms with Crippen molar-refractivity contribution in [3.63, 3.8) is 0 Å². The van der Waals surface area contributed by atoms with Crippen LogP contribution in [-0.4, -0.2) is 25.5 Å². The van der Waals surface area contributed by atoms with Gasteiger partial charge in [0, 0.05) is 48.6 Å². The Balaban J connectivity index is 1.36. The zero-order valence-electron chi connectivity index (χ0n) is 17.4. The third kappa shape index (κ3) is 4.12. The highest BCUT2D eigenvalue weighted by molar-refractivity contribution is 6.33. The second-order valence-corrected chi connectivity index (χ2v) is 8.69. The summed E-state index contributed by atoms with van der Waals surface area (Å²) in [6.07, 6.45) is 4.98. The molecule has 0 unspecified atom stereocenters. The lowest BCUT2D eigenvalue weighted by atomic mass is 10.0. The molecule has 1 saturated heterocycles. The van der Waals surface area contributed by atoms with E-state index >= 15 is 0 Å². The fraction of sp³-hybridized carbons (Fsp3) is 0.375. The van der Waals surface area contributed by atoms with Crippen LogP contribution >= 0.6 is 11.6 Å². The van der Waals surface area contributed by atoms with Gasteiger partial charge in [-0.05, 0) is 73.6 Å². The van der Waals surface area contributed by atoms with Crippen molar-refractivity contribution in [2.45, 2.75) is 39.0 Å². The summed E-state index contributed by atoms with van der Waals surface area (Å²) < 4.78 is 0. The molecule has 30 heavy (non-hydrogen) atoms. The first-order valence-electron chi connectivity index (χ1n) is 10.6. The van der Waals surface area contributed by atoms with Gasteiger partial charge in [0.2, 0.25) is 5.91 Å². The molecule has 1 fully saturated rings. The Hall–Kier alpha value is -2.66.